The zero-order valence-corrected chi connectivity index (χ0v) is 8.07. The van der Waals surface area contributed by atoms with Gasteiger partial charge in [0.25, 0.3) is 0 Å². The van der Waals surface area contributed by atoms with Gasteiger partial charge >= 0.3 is 0 Å². The second-order valence-electron chi connectivity index (χ2n) is 3.66. The Bertz CT molecular complexity index is 206. The molecule has 0 amide bonds. The molecule has 0 spiro atoms. The van der Waals surface area contributed by atoms with Crippen molar-refractivity contribution in [2.75, 3.05) is 0 Å². The van der Waals surface area contributed by atoms with Gasteiger partial charge in [-0.15, -0.1) is 0 Å². The van der Waals surface area contributed by atoms with E-state index < -0.39 is 0 Å². The Morgan fingerprint density at radius 2 is 2.00 bits per heavy atom. The van der Waals surface area contributed by atoms with Gasteiger partial charge in [0.15, 0.2) is 0 Å². The molecule has 1 aliphatic rings. The molecule has 0 aromatic carbocycles. The van der Waals surface area contributed by atoms with E-state index in [4.69, 9.17) is 0 Å². The molecule has 0 heterocycles. The minimum Gasteiger partial charge on any atom is -0.0698 e. The van der Waals surface area contributed by atoms with Crippen LogP contribution in [0.2, 0.25) is 0 Å². The average molecular weight is 150 g/mol. The molecule has 1 unspecified atom stereocenters. The number of hydrogen-bond donors (Lipinski definition) is 0. The summed E-state index contributed by atoms with van der Waals surface area (Å²) in [5.74, 6) is 0.818. The maximum Gasteiger partial charge on any atom is -0.0168 e. The first kappa shape index (κ1) is 8.58. The maximum atomic E-state index is 2.34. The van der Waals surface area contributed by atoms with Crippen LogP contribution in [0.25, 0.3) is 0 Å². The molecule has 1 aliphatic carbocycles. The molecule has 0 N–H and O–H groups in total. The van der Waals surface area contributed by atoms with E-state index in [9.17, 15) is 0 Å². The van der Waals surface area contributed by atoms with Crippen molar-refractivity contribution < 1.29 is 0 Å². The molecule has 0 aromatic heterocycles. The summed E-state index contributed by atoms with van der Waals surface area (Å²) in [6, 6.07) is 0. The van der Waals surface area contributed by atoms with Crippen molar-refractivity contribution in [2.45, 2.75) is 40.5 Å². The fourth-order valence-electron chi connectivity index (χ4n) is 1.74. The smallest absolute Gasteiger partial charge is 0.0168 e. The largest absolute Gasteiger partial charge is 0.0698 e. The average Bonchev–Trinajstić information content (AvgIpc) is 1.97. The molecule has 0 nitrogen and oxygen atoms in total. The molecule has 0 heteroatoms. The second-order valence-corrected chi connectivity index (χ2v) is 3.66. The van der Waals surface area contributed by atoms with Gasteiger partial charge < -0.3 is 0 Å². The van der Waals surface area contributed by atoms with Crippen molar-refractivity contribution in [1.82, 2.24) is 0 Å². The quantitative estimate of drug-likeness (QED) is 0.534. The van der Waals surface area contributed by atoms with Crippen LogP contribution in [0.15, 0.2) is 22.8 Å². The molecule has 0 bridgehead atoms. The monoisotopic (exact) mass is 150 g/mol. The molecule has 0 radical (unpaired) electrons. The fourth-order valence-corrected chi connectivity index (χ4v) is 1.74. The summed E-state index contributed by atoms with van der Waals surface area (Å²) >= 11 is 0. The number of allylic oxidation sites excluding steroid dienone is 4. The maximum absolute atomic E-state index is 2.34. The van der Waals surface area contributed by atoms with Gasteiger partial charge in [-0.2, -0.15) is 0 Å². The first-order valence-corrected chi connectivity index (χ1v) is 4.49. The summed E-state index contributed by atoms with van der Waals surface area (Å²) in [6.07, 6.45) is 4.91. The van der Waals surface area contributed by atoms with Crippen LogP contribution in [0, 0.1) is 5.92 Å². The number of rotatable bonds is 1. The van der Waals surface area contributed by atoms with Crippen LogP contribution in [0.4, 0.5) is 0 Å². The van der Waals surface area contributed by atoms with Gasteiger partial charge in [-0.3, -0.25) is 0 Å². The summed E-state index contributed by atoms with van der Waals surface area (Å²) in [7, 11) is 0. The lowest BCUT2D eigenvalue weighted by molar-refractivity contribution is 0.574. The minimum atomic E-state index is 0.818. The van der Waals surface area contributed by atoms with Crippen LogP contribution in [-0.4, -0.2) is 0 Å². The van der Waals surface area contributed by atoms with E-state index in [1.165, 1.54) is 18.4 Å². The lowest BCUT2D eigenvalue weighted by Gasteiger charge is -2.22. The SMILES string of the molecule is CCC1CC(C)=C(C)C=C1C. The van der Waals surface area contributed by atoms with Crippen molar-refractivity contribution >= 4 is 0 Å². The van der Waals surface area contributed by atoms with Gasteiger partial charge in [0.05, 0.1) is 0 Å². The predicted molar refractivity (Wildman–Crippen MR) is 50.5 cm³/mol. The zero-order valence-electron chi connectivity index (χ0n) is 8.07. The fraction of sp³-hybridized carbons (Fsp3) is 0.636. The van der Waals surface area contributed by atoms with Gasteiger partial charge in [-0.25, -0.2) is 0 Å². The van der Waals surface area contributed by atoms with E-state index in [0.29, 0.717) is 0 Å². The summed E-state index contributed by atoms with van der Waals surface area (Å²) in [5.41, 5.74) is 4.62. The van der Waals surface area contributed by atoms with Crippen molar-refractivity contribution in [2.24, 2.45) is 5.92 Å². The second kappa shape index (κ2) is 3.25. The van der Waals surface area contributed by atoms with E-state index in [0.717, 1.165) is 5.92 Å². The zero-order chi connectivity index (χ0) is 8.43. The molecule has 0 saturated carbocycles. The molecule has 1 rings (SSSR count). The highest BCUT2D eigenvalue weighted by Crippen LogP contribution is 2.30. The van der Waals surface area contributed by atoms with Crippen LogP contribution >= 0.6 is 0 Å². The standard InChI is InChI=1S/C11H18/c1-5-11-7-9(3)8(2)6-10(11)4/h6,11H,5,7H2,1-4H3. The van der Waals surface area contributed by atoms with Crippen molar-refractivity contribution in [3.63, 3.8) is 0 Å². The molecule has 1 atom stereocenters. The van der Waals surface area contributed by atoms with Gasteiger partial charge in [0, 0.05) is 0 Å². The molecule has 11 heavy (non-hydrogen) atoms. The number of hydrogen-bond acceptors (Lipinski definition) is 0. The van der Waals surface area contributed by atoms with Crippen LogP contribution in [0.3, 0.4) is 0 Å². The van der Waals surface area contributed by atoms with Crippen LogP contribution in [0.1, 0.15) is 40.5 Å². The van der Waals surface area contributed by atoms with E-state index in [1.54, 1.807) is 11.1 Å². The van der Waals surface area contributed by atoms with Crippen LogP contribution in [-0.2, 0) is 0 Å². The Kier molecular flexibility index (Phi) is 2.53. The first-order valence-electron chi connectivity index (χ1n) is 4.49. The van der Waals surface area contributed by atoms with Crippen molar-refractivity contribution in [3.8, 4) is 0 Å². The summed E-state index contributed by atoms with van der Waals surface area (Å²) < 4.78 is 0. The van der Waals surface area contributed by atoms with E-state index in [1.807, 2.05) is 0 Å². The summed E-state index contributed by atoms with van der Waals surface area (Å²) in [4.78, 5) is 0. The highest BCUT2D eigenvalue weighted by Gasteiger charge is 2.14. The Labute approximate surface area is 70.0 Å². The Morgan fingerprint density at radius 3 is 2.55 bits per heavy atom. The topological polar surface area (TPSA) is 0 Å². The Balaban J connectivity index is 2.82. The summed E-state index contributed by atoms with van der Waals surface area (Å²) in [5, 5.41) is 0. The molecule has 0 saturated heterocycles. The van der Waals surface area contributed by atoms with E-state index >= 15 is 0 Å². The lowest BCUT2D eigenvalue weighted by atomic mass is 9.84. The van der Waals surface area contributed by atoms with Crippen molar-refractivity contribution in [3.05, 3.63) is 22.8 Å². The molecule has 0 aliphatic heterocycles. The normalized spacial score (nSPS) is 25.5. The molecule has 62 valence electrons. The summed E-state index contributed by atoms with van der Waals surface area (Å²) in [6.45, 7) is 8.99. The van der Waals surface area contributed by atoms with E-state index in [-0.39, 0.29) is 0 Å². The molecular weight excluding hydrogens is 132 g/mol. The van der Waals surface area contributed by atoms with Crippen LogP contribution < -0.4 is 0 Å². The highest BCUT2D eigenvalue weighted by molar-refractivity contribution is 5.31. The molecule has 0 fully saturated rings. The van der Waals surface area contributed by atoms with Crippen molar-refractivity contribution in [1.29, 1.82) is 0 Å². The third-order valence-corrected chi connectivity index (χ3v) is 2.81. The minimum absolute atomic E-state index is 0.818. The third kappa shape index (κ3) is 1.74. The van der Waals surface area contributed by atoms with Gasteiger partial charge in [0.1, 0.15) is 0 Å². The van der Waals surface area contributed by atoms with Gasteiger partial charge in [0.2, 0.25) is 0 Å². The molecular formula is C11H18. The molecule has 0 aromatic rings. The predicted octanol–water partition coefficient (Wildman–Crippen LogP) is 3.70. The van der Waals surface area contributed by atoms with Gasteiger partial charge in [-0.1, -0.05) is 29.7 Å². The Hall–Kier alpha value is -0.520. The van der Waals surface area contributed by atoms with Gasteiger partial charge in [-0.05, 0) is 39.5 Å². The first-order chi connectivity index (χ1) is 5.15. The van der Waals surface area contributed by atoms with E-state index in [2.05, 4.69) is 33.8 Å². The Morgan fingerprint density at radius 1 is 1.36 bits per heavy atom. The lowest BCUT2D eigenvalue weighted by Crippen LogP contribution is -2.06. The van der Waals surface area contributed by atoms with Crippen LogP contribution in [0.5, 0.6) is 0 Å². The highest BCUT2D eigenvalue weighted by atomic mass is 14.2. The third-order valence-electron chi connectivity index (χ3n) is 2.81.